The number of furan rings is 1. The summed E-state index contributed by atoms with van der Waals surface area (Å²) in [4.78, 5) is 5.08. The molecule has 14 aromatic carbocycles. The molecular formula is C91H72N2O. The predicted molar refractivity (Wildman–Crippen MR) is 397 cm³/mol. The summed E-state index contributed by atoms with van der Waals surface area (Å²) in [5, 5.41) is 4.35. The molecule has 1 aromatic heterocycles. The van der Waals surface area contributed by atoms with Crippen LogP contribution in [0.15, 0.2) is 332 Å². The first-order valence-electron chi connectivity index (χ1n) is 32.9. The Labute approximate surface area is 552 Å². The van der Waals surface area contributed by atoms with Gasteiger partial charge in [0.05, 0.1) is 33.6 Å². The van der Waals surface area contributed by atoms with Crippen LogP contribution in [0.2, 0.25) is 0 Å². The first kappa shape index (κ1) is 57.9. The van der Waals surface area contributed by atoms with Gasteiger partial charge in [0.2, 0.25) is 0 Å². The number of hydrogen-bond acceptors (Lipinski definition) is 3. The standard InChI is InChI=1S/C91H72N2O/c1-89(2,3)67-47-51-71(52-48-67)92(80-55-45-65(61-29-13-7-14-30-61)57-76(80)63-33-17-9-18-34-63)82-59-78-85(74-42-26-25-41-73(74)82)87-79(91(78,69-37-21-11-22-38-69)70-39-23-12-24-40-70)60-83(86-75-43-27-28-44-84(75)94-88(86)87)93(72-53-49-68(50-54-72)90(4,5)6)81-56-46-66(62-31-15-8-16-32-62)58-77(81)64-35-19-10-20-36-64/h7-60H,1-6H3. The molecule has 16 rings (SSSR count). The van der Waals surface area contributed by atoms with Crippen LogP contribution in [-0.2, 0) is 16.2 Å². The van der Waals surface area contributed by atoms with Gasteiger partial charge in [-0.2, -0.15) is 0 Å². The lowest BCUT2D eigenvalue weighted by molar-refractivity contribution is 0.590. The topological polar surface area (TPSA) is 19.6 Å². The molecule has 0 unspecified atom stereocenters. The lowest BCUT2D eigenvalue weighted by Crippen LogP contribution is -2.29. The molecular weight excluding hydrogens is 1140 g/mol. The van der Waals surface area contributed by atoms with Crippen LogP contribution < -0.4 is 9.80 Å². The van der Waals surface area contributed by atoms with Crippen molar-refractivity contribution in [2.24, 2.45) is 0 Å². The minimum atomic E-state index is -0.920. The Morgan fingerprint density at radius 3 is 1.12 bits per heavy atom. The average Bonchev–Trinajstić information content (AvgIpc) is 1.51. The van der Waals surface area contributed by atoms with Crippen LogP contribution in [0.1, 0.15) is 74.9 Å². The van der Waals surface area contributed by atoms with Crippen LogP contribution >= 0.6 is 0 Å². The molecule has 452 valence electrons. The van der Waals surface area contributed by atoms with Crippen LogP contribution in [0.5, 0.6) is 0 Å². The summed E-state index contributed by atoms with van der Waals surface area (Å²) >= 11 is 0. The van der Waals surface area contributed by atoms with Gasteiger partial charge >= 0.3 is 0 Å². The molecule has 0 amide bonds. The molecule has 0 radical (unpaired) electrons. The Balaban J connectivity index is 1.06. The first-order chi connectivity index (χ1) is 45.9. The molecule has 1 aliphatic carbocycles. The molecule has 0 spiro atoms. The quantitative estimate of drug-likeness (QED) is 0.122. The summed E-state index contributed by atoms with van der Waals surface area (Å²) in [5.74, 6) is 0. The SMILES string of the molecule is CC(C)(C)c1ccc(N(c2ccc(-c3ccccc3)cc2-c2ccccc2)c2cc3c(c4ccccc24)-c2c(cc(N(c4ccc(C(C)(C)C)cc4)c4ccc(-c5ccccc5)cc4-c4ccccc4)c4c2oc2ccccc24)C3(c2ccccc2)c2ccccc2)cc1. The van der Waals surface area contributed by atoms with Crippen LogP contribution in [-0.4, -0.2) is 0 Å². The van der Waals surface area contributed by atoms with Crippen molar-refractivity contribution in [3.8, 4) is 55.6 Å². The molecule has 0 bridgehead atoms. The third kappa shape index (κ3) is 9.81. The van der Waals surface area contributed by atoms with Gasteiger partial charge in [-0.05, 0) is 155 Å². The summed E-state index contributed by atoms with van der Waals surface area (Å²) < 4.78 is 7.71. The first-order valence-corrected chi connectivity index (χ1v) is 32.9. The van der Waals surface area contributed by atoms with E-state index in [1.54, 1.807) is 0 Å². The molecule has 15 aromatic rings. The van der Waals surface area contributed by atoms with E-state index in [1.807, 2.05) is 0 Å². The Morgan fingerprint density at radius 1 is 0.287 bits per heavy atom. The van der Waals surface area contributed by atoms with Gasteiger partial charge in [-0.3, -0.25) is 0 Å². The largest absolute Gasteiger partial charge is 0.455 e. The molecule has 0 saturated carbocycles. The van der Waals surface area contributed by atoms with E-state index in [1.165, 1.54) is 22.3 Å². The van der Waals surface area contributed by atoms with E-state index in [-0.39, 0.29) is 10.8 Å². The molecule has 0 saturated heterocycles. The van der Waals surface area contributed by atoms with E-state index in [9.17, 15) is 0 Å². The lowest BCUT2D eigenvalue weighted by Gasteiger charge is -2.36. The molecule has 0 atom stereocenters. The third-order valence-electron chi connectivity index (χ3n) is 19.4. The number of rotatable bonds is 12. The highest BCUT2D eigenvalue weighted by Crippen LogP contribution is 2.64. The number of benzene rings is 14. The Bertz CT molecular complexity index is 5240. The van der Waals surface area contributed by atoms with Crippen molar-refractivity contribution in [3.63, 3.8) is 0 Å². The second-order valence-corrected chi connectivity index (χ2v) is 27.2. The summed E-state index contributed by atoms with van der Waals surface area (Å²) in [7, 11) is 0. The third-order valence-corrected chi connectivity index (χ3v) is 19.4. The monoisotopic (exact) mass is 1210 g/mol. The minimum Gasteiger partial charge on any atom is -0.455 e. The van der Waals surface area contributed by atoms with Crippen LogP contribution in [0, 0.1) is 0 Å². The van der Waals surface area contributed by atoms with Crippen molar-refractivity contribution in [1.29, 1.82) is 0 Å². The maximum absolute atomic E-state index is 7.71. The number of para-hydroxylation sites is 1. The Kier molecular flexibility index (Phi) is 14.2. The van der Waals surface area contributed by atoms with E-state index < -0.39 is 5.41 Å². The van der Waals surface area contributed by atoms with Crippen molar-refractivity contribution in [2.75, 3.05) is 9.80 Å². The molecule has 3 heteroatoms. The van der Waals surface area contributed by atoms with Gasteiger partial charge < -0.3 is 14.2 Å². The lowest BCUT2D eigenvalue weighted by atomic mass is 9.67. The highest BCUT2D eigenvalue weighted by Gasteiger charge is 2.50. The summed E-state index contributed by atoms with van der Waals surface area (Å²) in [6.45, 7) is 13.8. The molecule has 0 aliphatic heterocycles. The zero-order chi connectivity index (χ0) is 63.7. The van der Waals surface area contributed by atoms with Crippen LogP contribution in [0.4, 0.5) is 34.1 Å². The smallest absolute Gasteiger partial charge is 0.145 e. The second kappa shape index (κ2) is 23.1. The normalized spacial score (nSPS) is 12.7. The molecule has 0 N–H and O–H groups in total. The fourth-order valence-corrected chi connectivity index (χ4v) is 14.8. The van der Waals surface area contributed by atoms with E-state index in [0.717, 1.165) is 134 Å². The van der Waals surface area contributed by atoms with E-state index >= 15 is 0 Å². The van der Waals surface area contributed by atoms with Crippen molar-refractivity contribution in [3.05, 3.63) is 361 Å². The van der Waals surface area contributed by atoms with Crippen LogP contribution in [0.3, 0.4) is 0 Å². The minimum absolute atomic E-state index is 0.0616. The zero-order valence-electron chi connectivity index (χ0n) is 54.0. The maximum Gasteiger partial charge on any atom is 0.145 e. The fraction of sp³-hybridized carbons (Fsp3) is 0.0989. The number of hydrogen-bond donors (Lipinski definition) is 0. The maximum atomic E-state index is 7.71. The number of anilines is 6. The summed E-state index contributed by atoms with van der Waals surface area (Å²) in [6.07, 6.45) is 0. The van der Waals surface area contributed by atoms with E-state index in [4.69, 9.17) is 4.42 Å². The van der Waals surface area contributed by atoms with Gasteiger partial charge in [-0.15, -0.1) is 0 Å². The summed E-state index contributed by atoms with van der Waals surface area (Å²) in [6, 6.07) is 122. The molecule has 3 nitrogen and oxygen atoms in total. The van der Waals surface area contributed by atoms with Gasteiger partial charge in [-0.25, -0.2) is 0 Å². The van der Waals surface area contributed by atoms with E-state index in [0.29, 0.717) is 0 Å². The molecule has 94 heavy (non-hydrogen) atoms. The highest BCUT2D eigenvalue weighted by molar-refractivity contribution is 6.23. The van der Waals surface area contributed by atoms with Gasteiger partial charge in [0.15, 0.2) is 0 Å². The molecule has 1 aliphatic rings. The molecule has 1 heterocycles. The van der Waals surface area contributed by atoms with Gasteiger partial charge in [0.25, 0.3) is 0 Å². The van der Waals surface area contributed by atoms with Crippen molar-refractivity contribution in [2.45, 2.75) is 57.8 Å². The highest BCUT2D eigenvalue weighted by atomic mass is 16.3. The number of nitrogens with zero attached hydrogens (tertiary/aromatic N) is 2. The predicted octanol–water partition coefficient (Wildman–Crippen LogP) is 25.3. The van der Waals surface area contributed by atoms with Gasteiger partial charge in [0, 0.05) is 38.8 Å². The van der Waals surface area contributed by atoms with E-state index in [2.05, 4.69) is 379 Å². The van der Waals surface area contributed by atoms with Gasteiger partial charge in [0.1, 0.15) is 11.2 Å². The number of fused-ring (bicyclic) bond motifs is 9. The van der Waals surface area contributed by atoms with Crippen molar-refractivity contribution in [1.82, 2.24) is 0 Å². The zero-order valence-corrected chi connectivity index (χ0v) is 54.0. The van der Waals surface area contributed by atoms with Gasteiger partial charge in [-0.1, -0.05) is 302 Å². The Hall–Kier alpha value is -11.3. The molecule has 0 fully saturated rings. The van der Waals surface area contributed by atoms with Crippen LogP contribution in [0.25, 0.3) is 88.3 Å². The average molecular weight is 1210 g/mol. The second-order valence-electron chi connectivity index (χ2n) is 27.2. The fourth-order valence-electron chi connectivity index (χ4n) is 14.8. The summed E-state index contributed by atoms with van der Waals surface area (Å²) in [5.41, 5.74) is 25.4. The van der Waals surface area contributed by atoms with Crippen molar-refractivity contribution < 1.29 is 4.42 Å². The Morgan fingerprint density at radius 2 is 0.660 bits per heavy atom. The van der Waals surface area contributed by atoms with Crippen molar-refractivity contribution >= 4 is 66.8 Å².